The highest BCUT2D eigenvalue weighted by Crippen LogP contribution is 2.22. The van der Waals surface area contributed by atoms with Crippen LogP contribution in [0, 0.1) is 0 Å². The van der Waals surface area contributed by atoms with Crippen LogP contribution in [-0.4, -0.2) is 87.5 Å². The molecule has 6 N–H and O–H groups in total. The van der Waals surface area contributed by atoms with Crippen molar-refractivity contribution in [3.05, 3.63) is 36.5 Å². The molecule has 1 rings (SSSR count). The lowest BCUT2D eigenvalue weighted by atomic mass is 9.99. The number of nitrogens with one attached hydrogen (secondary N) is 1. The Morgan fingerprint density at radius 2 is 1.04 bits per heavy atom. The summed E-state index contributed by atoms with van der Waals surface area (Å²) in [6, 6.07) is -0.821. The maximum absolute atomic E-state index is 12.9. The highest BCUT2D eigenvalue weighted by molar-refractivity contribution is 5.76. The van der Waals surface area contributed by atoms with Gasteiger partial charge in [0.15, 0.2) is 6.29 Å². The number of amides is 1. The minimum absolute atomic E-state index is 0.193. The number of carbonyl (C=O) groups is 1. The van der Waals surface area contributed by atoms with Crippen molar-refractivity contribution in [3.8, 4) is 0 Å². The van der Waals surface area contributed by atoms with Gasteiger partial charge in [0.25, 0.3) is 0 Å². The molecule has 9 heteroatoms. The van der Waals surface area contributed by atoms with Gasteiger partial charge in [-0.15, -0.1) is 0 Å². The highest BCUT2D eigenvalue weighted by atomic mass is 16.7. The van der Waals surface area contributed by atoms with E-state index in [-0.39, 0.29) is 12.5 Å². The second-order valence-corrected chi connectivity index (χ2v) is 15.8. The number of hydrogen-bond acceptors (Lipinski definition) is 8. The molecule has 7 unspecified atom stereocenters. The summed E-state index contributed by atoms with van der Waals surface area (Å²) in [6.07, 6.45) is 37.5. The van der Waals surface area contributed by atoms with E-state index in [0.29, 0.717) is 6.42 Å². The van der Waals surface area contributed by atoms with E-state index in [9.17, 15) is 30.3 Å². The smallest absolute Gasteiger partial charge is 0.220 e. The quantitative estimate of drug-likeness (QED) is 0.0270. The van der Waals surface area contributed by atoms with Gasteiger partial charge in [-0.25, -0.2) is 0 Å². The zero-order valence-electron chi connectivity index (χ0n) is 35.2. The van der Waals surface area contributed by atoms with E-state index in [1.165, 1.54) is 122 Å². The Morgan fingerprint density at radius 1 is 0.600 bits per heavy atom. The summed E-state index contributed by atoms with van der Waals surface area (Å²) in [7, 11) is 0. The van der Waals surface area contributed by atoms with Crippen LogP contribution < -0.4 is 5.32 Å². The monoisotopic (exact) mass is 780 g/mol. The van der Waals surface area contributed by atoms with Crippen molar-refractivity contribution in [2.75, 3.05) is 13.2 Å². The molecule has 0 saturated carbocycles. The number of carbonyl (C=O) groups excluding carboxylic acids is 1. The number of hydrogen-bond donors (Lipinski definition) is 6. The summed E-state index contributed by atoms with van der Waals surface area (Å²) in [5, 5.41) is 54.1. The number of allylic oxidation sites excluding steroid dienone is 5. The Hall–Kier alpha value is -1.59. The molecule has 1 fully saturated rings. The summed E-state index contributed by atoms with van der Waals surface area (Å²) in [6.45, 7) is 3.73. The van der Waals surface area contributed by atoms with Crippen molar-refractivity contribution < 1.29 is 39.8 Å². The first kappa shape index (κ1) is 51.4. The standard InChI is InChI=1S/C46H85NO8/c1-3-5-7-9-11-13-15-17-19-20-22-23-25-27-29-31-33-35-40(49)39(38-54-46-45(53)44(52)43(51)41(37-48)55-46)47-42(50)36-34-32-30-28-26-24-21-18-16-14-12-10-8-6-4-2/h14,16,25,27,33,35,39-41,43-46,48-49,51-53H,3-13,15,17-24,26,28-32,34,36-38H2,1-2H3,(H,47,50)/b16-14-,27-25+,35-33+. The minimum atomic E-state index is -1.57. The van der Waals surface area contributed by atoms with Crippen LogP contribution in [0.15, 0.2) is 36.5 Å². The molecule has 0 aromatic carbocycles. The third kappa shape index (κ3) is 27.6. The molecule has 322 valence electrons. The van der Waals surface area contributed by atoms with Crippen LogP contribution in [0.1, 0.15) is 194 Å². The Morgan fingerprint density at radius 3 is 1.55 bits per heavy atom. The van der Waals surface area contributed by atoms with E-state index in [1.807, 2.05) is 6.08 Å². The SMILES string of the molecule is CCCCCC/C=C\CCCCCCCCCC(=O)NC(COC1OC(CO)C(O)C(O)C1O)C(O)/C=C/CC/C=C/CCCCCCCCCCCCC. The molecule has 9 nitrogen and oxygen atoms in total. The van der Waals surface area contributed by atoms with Gasteiger partial charge in [0.05, 0.1) is 25.4 Å². The lowest BCUT2D eigenvalue weighted by molar-refractivity contribution is -0.302. The number of rotatable bonds is 37. The minimum Gasteiger partial charge on any atom is -0.394 e. The van der Waals surface area contributed by atoms with Gasteiger partial charge < -0.3 is 40.3 Å². The van der Waals surface area contributed by atoms with Crippen LogP contribution in [0.3, 0.4) is 0 Å². The molecule has 0 radical (unpaired) electrons. The zero-order valence-corrected chi connectivity index (χ0v) is 35.2. The number of aliphatic hydroxyl groups excluding tert-OH is 5. The van der Waals surface area contributed by atoms with Gasteiger partial charge in [-0.2, -0.15) is 0 Å². The first-order chi connectivity index (χ1) is 26.8. The summed E-state index contributed by atoms with van der Waals surface area (Å²) in [4.78, 5) is 12.9. The van der Waals surface area contributed by atoms with E-state index in [1.54, 1.807) is 6.08 Å². The van der Waals surface area contributed by atoms with Crippen molar-refractivity contribution >= 4 is 5.91 Å². The van der Waals surface area contributed by atoms with Crippen LogP contribution in [0.5, 0.6) is 0 Å². The number of aliphatic hydroxyl groups is 5. The van der Waals surface area contributed by atoms with Gasteiger partial charge in [-0.1, -0.05) is 166 Å². The van der Waals surface area contributed by atoms with Crippen LogP contribution in [0.4, 0.5) is 0 Å². The van der Waals surface area contributed by atoms with Crippen molar-refractivity contribution in [3.63, 3.8) is 0 Å². The molecule has 0 spiro atoms. The molecule has 7 atom stereocenters. The van der Waals surface area contributed by atoms with Gasteiger partial charge >= 0.3 is 0 Å². The lowest BCUT2D eigenvalue weighted by Crippen LogP contribution is -2.60. The second kappa shape index (κ2) is 36.7. The van der Waals surface area contributed by atoms with Gasteiger partial charge in [0.2, 0.25) is 5.91 Å². The third-order valence-corrected chi connectivity index (χ3v) is 10.7. The average molecular weight is 780 g/mol. The van der Waals surface area contributed by atoms with Crippen LogP contribution in [0.2, 0.25) is 0 Å². The maximum Gasteiger partial charge on any atom is 0.220 e. The summed E-state index contributed by atoms with van der Waals surface area (Å²) < 4.78 is 11.2. The van der Waals surface area contributed by atoms with Gasteiger partial charge in [-0.3, -0.25) is 4.79 Å². The largest absolute Gasteiger partial charge is 0.394 e. The zero-order chi connectivity index (χ0) is 40.2. The fraction of sp³-hybridized carbons (Fsp3) is 0.848. The Balaban J connectivity index is 2.40. The molecule has 55 heavy (non-hydrogen) atoms. The fourth-order valence-corrected chi connectivity index (χ4v) is 6.99. The molecule has 0 aromatic heterocycles. The normalized spacial score (nSPS) is 21.6. The van der Waals surface area contributed by atoms with Gasteiger partial charge in [0, 0.05) is 6.42 Å². The Labute approximate surface area is 336 Å². The van der Waals surface area contributed by atoms with E-state index >= 15 is 0 Å². The molecule has 1 aliphatic heterocycles. The Bertz CT molecular complexity index is 956. The van der Waals surface area contributed by atoms with Crippen molar-refractivity contribution in [2.45, 2.75) is 236 Å². The topological polar surface area (TPSA) is 149 Å². The molecule has 1 aliphatic rings. The molecule has 0 bridgehead atoms. The van der Waals surface area contributed by atoms with Crippen LogP contribution in [-0.2, 0) is 14.3 Å². The van der Waals surface area contributed by atoms with Crippen LogP contribution in [0.25, 0.3) is 0 Å². The molecule has 1 heterocycles. The summed E-state index contributed by atoms with van der Waals surface area (Å²) >= 11 is 0. The lowest BCUT2D eigenvalue weighted by Gasteiger charge is -2.40. The van der Waals surface area contributed by atoms with E-state index in [4.69, 9.17) is 9.47 Å². The van der Waals surface area contributed by atoms with Crippen molar-refractivity contribution in [1.82, 2.24) is 5.32 Å². The van der Waals surface area contributed by atoms with Gasteiger partial charge in [-0.05, 0) is 57.8 Å². The first-order valence-electron chi connectivity index (χ1n) is 22.7. The third-order valence-electron chi connectivity index (χ3n) is 10.7. The number of ether oxygens (including phenoxy) is 2. The summed E-state index contributed by atoms with van der Waals surface area (Å²) in [5.74, 6) is -0.193. The van der Waals surface area contributed by atoms with Gasteiger partial charge in [0.1, 0.15) is 24.4 Å². The maximum atomic E-state index is 12.9. The van der Waals surface area contributed by atoms with Crippen molar-refractivity contribution in [2.24, 2.45) is 0 Å². The van der Waals surface area contributed by atoms with Crippen molar-refractivity contribution in [1.29, 1.82) is 0 Å². The second-order valence-electron chi connectivity index (χ2n) is 15.8. The molecule has 0 aliphatic carbocycles. The molecular formula is C46H85NO8. The van der Waals surface area contributed by atoms with E-state index < -0.39 is 49.5 Å². The Kier molecular flexibility index (Phi) is 34.3. The van der Waals surface area contributed by atoms with E-state index in [0.717, 1.165) is 51.4 Å². The first-order valence-corrected chi connectivity index (χ1v) is 22.7. The molecule has 1 saturated heterocycles. The molecule has 1 amide bonds. The predicted octanol–water partition coefficient (Wildman–Crippen LogP) is 9.28. The van der Waals surface area contributed by atoms with Crippen LogP contribution >= 0.6 is 0 Å². The molecular weight excluding hydrogens is 695 g/mol. The number of unbranched alkanes of at least 4 members (excludes halogenated alkanes) is 23. The van der Waals surface area contributed by atoms with E-state index in [2.05, 4.69) is 43.5 Å². The highest BCUT2D eigenvalue weighted by Gasteiger charge is 2.44. The fourth-order valence-electron chi connectivity index (χ4n) is 6.99. The predicted molar refractivity (Wildman–Crippen MR) is 226 cm³/mol. The summed E-state index contributed by atoms with van der Waals surface area (Å²) in [5.41, 5.74) is 0. The molecule has 0 aromatic rings. The average Bonchev–Trinajstić information content (AvgIpc) is 3.18.